The Balaban J connectivity index is 2.21. The number of hydrogen-bond donors (Lipinski definition) is 0. The van der Waals surface area contributed by atoms with Crippen molar-refractivity contribution in [3.63, 3.8) is 0 Å². The van der Waals surface area contributed by atoms with E-state index in [-0.39, 0.29) is 18.1 Å². The summed E-state index contributed by atoms with van der Waals surface area (Å²) < 4.78 is 4.98. The van der Waals surface area contributed by atoms with Gasteiger partial charge >= 0.3 is 11.7 Å². The summed E-state index contributed by atoms with van der Waals surface area (Å²) in [5.74, 6) is 0.354. The number of nitrogens with zero attached hydrogens (tertiary/aromatic N) is 4. The van der Waals surface area contributed by atoms with Gasteiger partial charge in [-0.2, -0.15) is 0 Å². The van der Waals surface area contributed by atoms with Gasteiger partial charge in [-0.15, -0.1) is 0 Å². The molecule has 1 aromatic rings. The molecular weight excluding hydrogens is 328 g/mol. The number of benzene rings is 1. The van der Waals surface area contributed by atoms with Gasteiger partial charge in [0.1, 0.15) is 5.82 Å². The average Bonchev–Trinajstić information content (AvgIpc) is 2.96. The molecule has 0 bridgehead atoms. The number of aryl methyl sites for hydroxylation is 2. The minimum Gasteiger partial charge on any atom is -0.466 e. The highest BCUT2D eigenvalue weighted by Gasteiger charge is 2.28. The minimum atomic E-state index is -0.263. The van der Waals surface area contributed by atoms with E-state index in [1.807, 2.05) is 11.0 Å². The Labute approximate surface area is 155 Å². The molecule has 0 aliphatic carbocycles. The van der Waals surface area contributed by atoms with Crippen LogP contribution in [0.1, 0.15) is 30.0 Å². The van der Waals surface area contributed by atoms with E-state index >= 15 is 0 Å². The molecule has 0 saturated carbocycles. The zero-order valence-electron chi connectivity index (χ0n) is 15.6. The lowest BCUT2D eigenvalue weighted by atomic mass is 10.1. The van der Waals surface area contributed by atoms with Crippen molar-refractivity contribution in [2.45, 2.75) is 33.7 Å². The van der Waals surface area contributed by atoms with Crippen LogP contribution in [0.5, 0.6) is 0 Å². The van der Waals surface area contributed by atoms with Gasteiger partial charge in [-0.3, -0.25) is 4.79 Å². The lowest BCUT2D eigenvalue weighted by molar-refractivity contribution is -0.143. The third kappa shape index (κ3) is 4.77. The molecule has 6 heteroatoms. The van der Waals surface area contributed by atoms with E-state index < -0.39 is 0 Å². The quantitative estimate of drug-likeness (QED) is 0.447. The third-order valence-electron chi connectivity index (χ3n) is 4.21. The van der Waals surface area contributed by atoms with E-state index in [4.69, 9.17) is 11.3 Å². The van der Waals surface area contributed by atoms with E-state index in [2.05, 4.69) is 41.8 Å². The Bertz CT molecular complexity index is 750. The molecule has 1 saturated heterocycles. The molecule has 0 unspecified atom stereocenters. The summed E-state index contributed by atoms with van der Waals surface area (Å²) in [6.45, 7) is 16.1. The summed E-state index contributed by atoms with van der Waals surface area (Å²) in [5.41, 5.74) is 3.59. The first-order chi connectivity index (χ1) is 12.5. The molecule has 0 atom stereocenters. The average molecular weight is 352 g/mol. The Hall–Kier alpha value is -2.99. The van der Waals surface area contributed by atoms with Gasteiger partial charge < -0.3 is 14.5 Å². The Kier molecular flexibility index (Phi) is 6.63. The predicted octanol–water partition coefficient (Wildman–Crippen LogP) is 2.99. The van der Waals surface area contributed by atoms with Crippen LogP contribution in [0.25, 0.3) is 4.85 Å². The van der Waals surface area contributed by atoms with Crippen molar-refractivity contribution in [1.29, 1.82) is 5.26 Å². The van der Waals surface area contributed by atoms with Crippen LogP contribution >= 0.6 is 0 Å². The van der Waals surface area contributed by atoms with Crippen molar-refractivity contribution in [3.05, 3.63) is 57.8 Å². The van der Waals surface area contributed by atoms with Gasteiger partial charge in [0, 0.05) is 26.2 Å². The fourth-order valence-corrected chi connectivity index (χ4v) is 3.29. The molecule has 0 N–H and O–H groups in total. The van der Waals surface area contributed by atoms with Crippen molar-refractivity contribution < 1.29 is 9.53 Å². The summed E-state index contributed by atoms with van der Waals surface area (Å²) in [7, 11) is 0. The van der Waals surface area contributed by atoms with Crippen molar-refractivity contribution >= 4 is 5.97 Å². The van der Waals surface area contributed by atoms with Gasteiger partial charge in [0.05, 0.1) is 25.7 Å². The van der Waals surface area contributed by atoms with Crippen molar-refractivity contribution in [1.82, 2.24) is 9.80 Å². The van der Waals surface area contributed by atoms with Crippen LogP contribution in [0.4, 0.5) is 0 Å². The first-order valence-electron chi connectivity index (χ1n) is 8.73. The highest BCUT2D eigenvalue weighted by atomic mass is 16.5. The van der Waals surface area contributed by atoms with Crippen LogP contribution in [-0.4, -0.2) is 42.0 Å². The topological polar surface area (TPSA) is 60.9 Å². The molecule has 0 spiro atoms. The van der Waals surface area contributed by atoms with Gasteiger partial charge in [0.15, 0.2) is 0 Å². The molecule has 0 amide bonds. The van der Waals surface area contributed by atoms with Crippen molar-refractivity contribution in [3.8, 4) is 6.07 Å². The van der Waals surface area contributed by atoms with Crippen LogP contribution < -0.4 is 0 Å². The smallest absolute Gasteiger partial charge is 0.307 e. The van der Waals surface area contributed by atoms with Crippen LogP contribution in [0.15, 0.2) is 29.7 Å². The number of carbonyl (C=O) groups is 1. The zero-order valence-corrected chi connectivity index (χ0v) is 15.6. The molecule has 6 nitrogen and oxygen atoms in total. The lowest BCUT2D eigenvalue weighted by Crippen LogP contribution is -2.27. The maximum atomic E-state index is 11.7. The molecule has 1 fully saturated rings. The number of nitriles is 1. The second-order valence-corrected chi connectivity index (χ2v) is 6.36. The van der Waals surface area contributed by atoms with E-state index in [9.17, 15) is 10.1 Å². The van der Waals surface area contributed by atoms with Crippen LogP contribution in [0.2, 0.25) is 0 Å². The first-order valence-corrected chi connectivity index (χ1v) is 8.73. The summed E-state index contributed by atoms with van der Waals surface area (Å²) in [6.07, 6.45) is 0.242. The van der Waals surface area contributed by atoms with Crippen LogP contribution in [-0.2, 0) is 16.1 Å². The number of allylic oxidation sites excluding steroid dienone is 1. The van der Waals surface area contributed by atoms with Gasteiger partial charge in [-0.25, -0.2) is 10.1 Å². The molecule has 1 aromatic carbocycles. The molecule has 1 aliphatic heterocycles. The number of hydrogen-bond acceptors (Lipinski definition) is 5. The number of carbonyl (C=O) groups excluding carboxylic acids is 1. The lowest BCUT2D eigenvalue weighted by Gasteiger charge is -2.25. The number of rotatable bonds is 6. The maximum absolute atomic E-state index is 11.7. The van der Waals surface area contributed by atoms with Gasteiger partial charge in [-0.05, 0) is 26.3 Å². The monoisotopic (exact) mass is 352 g/mol. The Morgan fingerprint density at radius 3 is 2.50 bits per heavy atom. The summed E-state index contributed by atoms with van der Waals surface area (Å²) in [4.78, 5) is 19.0. The molecule has 0 radical (unpaired) electrons. The van der Waals surface area contributed by atoms with Crippen LogP contribution in [0.3, 0.4) is 0 Å². The highest BCUT2D eigenvalue weighted by Crippen LogP contribution is 2.26. The zero-order chi connectivity index (χ0) is 19.1. The predicted molar refractivity (Wildman–Crippen MR) is 98.4 cm³/mol. The van der Waals surface area contributed by atoms with Crippen LogP contribution in [0, 0.1) is 31.8 Å². The molecule has 2 rings (SSSR count). The molecule has 136 valence electrons. The number of ether oxygens (including phenoxy) is 1. The van der Waals surface area contributed by atoms with E-state index in [1.165, 1.54) is 11.1 Å². The second kappa shape index (κ2) is 8.92. The molecular formula is C20H24N4O2. The Morgan fingerprint density at radius 1 is 1.27 bits per heavy atom. The fraction of sp³-hybridized carbons (Fsp3) is 0.450. The van der Waals surface area contributed by atoms with E-state index in [0.717, 1.165) is 5.56 Å². The van der Waals surface area contributed by atoms with Crippen molar-refractivity contribution in [2.75, 3.05) is 26.2 Å². The fourth-order valence-electron chi connectivity index (χ4n) is 3.29. The largest absolute Gasteiger partial charge is 0.466 e. The highest BCUT2D eigenvalue weighted by molar-refractivity contribution is 5.69. The Morgan fingerprint density at radius 2 is 1.92 bits per heavy atom. The maximum Gasteiger partial charge on any atom is 0.307 e. The van der Waals surface area contributed by atoms with Gasteiger partial charge in [0.25, 0.3) is 0 Å². The van der Waals surface area contributed by atoms with E-state index in [0.29, 0.717) is 38.6 Å². The summed E-state index contributed by atoms with van der Waals surface area (Å²) >= 11 is 0. The SMILES string of the molecule is [C-]#[N+]C(C#N)=C1N(CCC(=O)OCC)CCN1Cc1cc(C)cc(C)c1. The van der Waals surface area contributed by atoms with Gasteiger partial charge in [0.2, 0.25) is 0 Å². The summed E-state index contributed by atoms with van der Waals surface area (Å²) in [5, 5.41) is 9.37. The first kappa shape index (κ1) is 19.3. The van der Waals surface area contributed by atoms with Crippen molar-refractivity contribution in [2.24, 2.45) is 0 Å². The van der Waals surface area contributed by atoms with E-state index in [1.54, 1.807) is 6.92 Å². The second-order valence-electron chi connectivity index (χ2n) is 6.36. The normalized spacial score (nSPS) is 15.4. The number of esters is 1. The minimum absolute atomic E-state index is 0.0655. The summed E-state index contributed by atoms with van der Waals surface area (Å²) in [6, 6.07) is 8.36. The third-order valence-corrected chi connectivity index (χ3v) is 4.21. The molecule has 0 aromatic heterocycles. The molecule has 1 heterocycles. The molecule has 1 aliphatic rings. The molecule has 26 heavy (non-hydrogen) atoms. The standard InChI is InChI=1S/C20H24N4O2/c1-5-26-19(25)6-7-23-8-9-24(20(23)18(13-21)22-4)14-17-11-15(2)10-16(3)12-17/h10-12H,5-9,14H2,1-3H3. The van der Waals surface area contributed by atoms with Gasteiger partial charge in [-0.1, -0.05) is 29.3 Å².